The second-order valence-corrected chi connectivity index (χ2v) is 5.54. The number of halogens is 1. The number of aromatic nitrogens is 2. The van der Waals surface area contributed by atoms with Gasteiger partial charge in [-0.2, -0.15) is 0 Å². The number of amides is 1. The number of H-pyrrole nitrogens is 1. The van der Waals surface area contributed by atoms with Crippen LogP contribution in [-0.2, 0) is 11.2 Å². The summed E-state index contributed by atoms with van der Waals surface area (Å²) in [4.78, 5) is 31.1. The normalized spacial score (nSPS) is 10.8. The van der Waals surface area contributed by atoms with E-state index in [2.05, 4.69) is 15.3 Å². The van der Waals surface area contributed by atoms with Crippen molar-refractivity contribution in [2.45, 2.75) is 19.8 Å². The predicted octanol–water partition coefficient (Wildman–Crippen LogP) is 2.94. The van der Waals surface area contributed by atoms with E-state index in [9.17, 15) is 14.0 Å². The Hall–Kier alpha value is -3.02. The number of para-hydroxylation sites is 1. The van der Waals surface area contributed by atoms with E-state index in [-0.39, 0.29) is 17.9 Å². The molecule has 6 heteroatoms. The van der Waals surface area contributed by atoms with Crippen molar-refractivity contribution >= 4 is 22.5 Å². The minimum Gasteiger partial charge on any atom is -0.326 e. The third kappa shape index (κ3) is 3.48. The fraction of sp³-hybridized carbons (Fsp3) is 0.167. The molecular weight excluding hydrogens is 309 g/mol. The van der Waals surface area contributed by atoms with Crippen molar-refractivity contribution in [3.63, 3.8) is 0 Å². The lowest BCUT2D eigenvalue weighted by Gasteiger charge is -2.08. The van der Waals surface area contributed by atoms with Gasteiger partial charge in [0.2, 0.25) is 5.91 Å². The second-order valence-electron chi connectivity index (χ2n) is 5.54. The molecule has 0 atom stereocenters. The molecule has 1 heterocycles. The van der Waals surface area contributed by atoms with Gasteiger partial charge in [0.1, 0.15) is 11.6 Å². The summed E-state index contributed by atoms with van der Waals surface area (Å²) in [7, 11) is 0. The summed E-state index contributed by atoms with van der Waals surface area (Å²) in [6, 6.07) is 11.3. The van der Waals surface area contributed by atoms with Crippen LogP contribution in [0.25, 0.3) is 10.9 Å². The molecule has 0 radical (unpaired) electrons. The van der Waals surface area contributed by atoms with Crippen molar-refractivity contribution in [3.8, 4) is 0 Å². The van der Waals surface area contributed by atoms with Crippen molar-refractivity contribution in [2.75, 3.05) is 5.32 Å². The van der Waals surface area contributed by atoms with E-state index in [0.29, 0.717) is 28.8 Å². The number of carbonyl (C=O) groups excluding carboxylic acids is 1. The highest BCUT2D eigenvalue weighted by atomic mass is 19.1. The van der Waals surface area contributed by atoms with Crippen LogP contribution in [0.2, 0.25) is 0 Å². The van der Waals surface area contributed by atoms with Crippen molar-refractivity contribution < 1.29 is 9.18 Å². The first kappa shape index (κ1) is 15.9. The molecule has 0 fully saturated rings. The first-order valence-corrected chi connectivity index (χ1v) is 7.57. The SMILES string of the molecule is Cc1ccc(F)cc1NC(=O)CCc1nc2ccccc2c(=O)[nH]1. The van der Waals surface area contributed by atoms with Crippen LogP contribution in [0.5, 0.6) is 0 Å². The van der Waals surface area contributed by atoms with E-state index < -0.39 is 5.82 Å². The van der Waals surface area contributed by atoms with Crippen LogP contribution in [0.15, 0.2) is 47.3 Å². The molecule has 2 aromatic carbocycles. The Morgan fingerprint density at radius 1 is 1.25 bits per heavy atom. The monoisotopic (exact) mass is 325 g/mol. The molecule has 0 aliphatic carbocycles. The Morgan fingerprint density at radius 3 is 2.88 bits per heavy atom. The highest BCUT2D eigenvalue weighted by Crippen LogP contribution is 2.16. The molecule has 0 spiro atoms. The van der Waals surface area contributed by atoms with E-state index >= 15 is 0 Å². The quantitative estimate of drug-likeness (QED) is 0.774. The largest absolute Gasteiger partial charge is 0.326 e. The number of rotatable bonds is 4. The number of carbonyl (C=O) groups is 1. The zero-order valence-corrected chi connectivity index (χ0v) is 13.1. The minimum atomic E-state index is -0.406. The molecule has 0 unspecified atom stereocenters. The van der Waals surface area contributed by atoms with E-state index in [4.69, 9.17) is 0 Å². The van der Waals surface area contributed by atoms with Crippen LogP contribution in [0.1, 0.15) is 17.8 Å². The Labute approximate surface area is 137 Å². The van der Waals surface area contributed by atoms with Gasteiger partial charge in [-0.25, -0.2) is 9.37 Å². The van der Waals surface area contributed by atoms with Gasteiger partial charge in [0.05, 0.1) is 10.9 Å². The van der Waals surface area contributed by atoms with Crippen LogP contribution in [0.4, 0.5) is 10.1 Å². The molecular formula is C18H16FN3O2. The summed E-state index contributed by atoms with van der Waals surface area (Å²) < 4.78 is 13.2. The molecule has 0 aliphatic rings. The van der Waals surface area contributed by atoms with E-state index in [1.165, 1.54) is 12.1 Å². The summed E-state index contributed by atoms with van der Waals surface area (Å²) in [5.74, 6) is -0.222. The maximum absolute atomic E-state index is 13.2. The number of aromatic amines is 1. The van der Waals surface area contributed by atoms with Crippen LogP contribution < -0.4 is 10.9 Å². The Kier molecular flexibility index (Phi) is 4.37. The summed E-state index contributed by atoms with van der Waals surface area (Å²) in [6.07, 6.45) is 0.428. The predicted molar refractivity (Wildman–Crippen MR) is 90.5 cm³/mol. The van der Waals surface area contributed by atoms with Gasteiger partial charge in [0, 0.05) is 18.5 Å². The number of fused-ring (bicyclic) bond motifs is 1. The average Bonchev–Trinajstić information content (AvgIpc) is 2.56. The Balaban J connectivity index is 1.70. The van der Waals surface area contributed by atoms with Gasteiger partial charge in [0.15, 0.2) is 0 Å². The van der Waals surface area contributed by atoms with Crippen LogP contribution in [0.3, 0.4) is 0 Å². The van der Waals surface area contributed by atoms with Crippen molar-refractivity contribution in [1.82, 2.24) is 9.97 Å². The van der Waals surface area contributed by atoms with Crippen molar-refractivity contribution in [1.29, 1.82) is 0 Å². The molecule has 1 amide bonds. The number of benzene rings is 2. The van der Waals surface area contributed by atoms with E-state index in [1.54, 1.807) is 37.3 Å². The lowest BCUT2D eigenvalue weighted by Crippen LogP contribution is -2.16. The molecule has 1 aromatic heterocycles. The Morgan fingerprint density at radius 2 is 2.04 bits per heavy atom. The molecule has 0 saturated carbocycles. The summed E-state index contributed by atoms with van der Waals surface area (Å²) in [5, 5.41) is 3.19. The van der Waals surface area contributed by atoms with E-state index in [0.717, 1.165) is 5.56 Å². The van der Waals surface area contributed by atoms with Crippen LogP contribution in [-0.4, -0.2) is 15.9 Å². The van der Waals surface area contributed by atoms with Gasteiger partial charge < -0.3 is 10.3 Å². The van der Waals surface area contributed by atoms with E-state index in [1.807, 2.05) is 0 Å². The maximum atomic E-state index is 13.2. The first-order chi connectivity index (χ1) is 11.5. The van der Waals surface area contributed by atoms with Gasteiger partial charge in [-0.3, -0.25) is 9.59 Å². The third-order valence-electron chi connectivity index (χ3n) is 3.72. The summed E-state index contributed by atoms with van der Waals surface area (Å²) in [6.45, 7) is 1.79. The van der Waals surface area contributed by atoms with Gasteiger partial charge in [-0.15, -0.1) is 0 Å². The molecule has 0 bridgehead atoms. The number of nitrogens with one attached hydrogen (secondary N) is 2. The standard InChI is InChI=1S/C18H16FN3O2/c1-11-6-7-12(19)10-15(11)21-17(23)9-8-16-20-14-5-3-2-4-13(14)18(24)22-16/h2-7,10H,8-9H2,1H3,(H,21,23)(H,20,22,24). The molecule has 5 nitrogen and oxygen atoms in total. The molecule has 3 rings (SSSR count). The summed E-state index contributed by atoms with van der Waals surface area (Å²) >= 11 is 0. The average molecular weight is 325 g/mol. The molecule has 122 valence electrons. The maximum Gasteiger partial charge on any atom is 0.258 e. The topological polar surface area (TPSA) is 74.8 Å². The molecule has 3 aromatic rings. The van der Waals surface area contributed by atoms with Gasteiger partial charge in [-0.1, -0.05) is 18.2 Å². The van der Waals surface area contributed by atoms with Crippen molar-refractivity contribution in [3.05, 3.63) is 70.0 Å². The molecule has 0 aliphatic heterocycles. The highest BCUT2D eigenvalue weighted by molar-refractivity contribution is 5.91. The minimum absolute atomic E-state index is 0.136. The van der Waals surface area contributed by atoms with Gasteiger partial charge in [-0.05, 0) is 36.8 Å². The smallest absolute Gasteiger partial charge is 0.258 e. The Bertz CT molecular complexity index is 966. The fourth-order valence-corrected chi connectivity index (χ4v) is 2.43. The number of aryl methyl sites for hydroxylation is 2. The molecule has 2 N–H and O–H groups in total. The lowest BCUT2D eigenvalue weighted by molar-refractivity contribution is -0.116. The summed E-state index contributed by atoms with van der Waals surface area (Å²) in [5.41, 5.74) is 1.59. The number of anilines is 1. The zero-order chi connectivity index (χ0) is 17.1. The van der Waals surface area contributed by atoms with Crippen LogP contribution in [0, 0.1) is 12.7 Å². The van der Waals surface area contributed by atoms with Crippen molar-refractivity contribution in [2.24, 2.45) is 0 Å². The van der Waals surface area contributed by atoms with Crippen LogP contribution >= 0.6 is 0 Å². The molecule has 24 heavy (non-hydrogen) atoms. The zero-order valence-electron chi connectivity index (χ0n) is 13.1. The third-order valence-corrected chi connectivity index (χ3v) is 3.72. The van der Waals surface area contributed by atoms with Gasteiger partial charge in [0.25, 0.3) is 5.56 Å². The van der Waals surface area contributed by atoms with Gasteiger partial charge >= 0.3 is 0 Å². The lowest BCUT2D eigenvalue weighted by atomic mass is 10.2. The molecule has 0 saturated heterocycles. The second kappa shape index (κ2) is 6.62. The number of nitrogens with zero attached hydrogens (tertiary/aromatic N) is 1. The number of hydrogen-bond donors (Lipinski definition) is 2. The highest BCUT2D eigenvalue weighted by Gasteiger charge is 2.09. The fourth-order valence-electron chi connectivity index (χ4n) is 2.43. The first-order valence-electron chi connectivity index (χ1n) is 7.57. The number of hydrogen-bond acceptors (Lipinski definition) is 3.